The van der Waals surface area contributed by atoms with Gasteiger partial charge in [-0.25, -0.2) is 0 Å². The highest BCUT2D eigenvalue weighted by Crippen LogP contribution is 2.19. The summed E-state index contributed by atoms with van der Waals surface area (Å²) in [7, 11) is 0. The quantitative estimate of drug-likeness (QED) is 0.805. The van der Waals surface area contributed by atoms with Gasteiger partial charge in [0.05, 0.1) is 5.56 Å². The molecule has 1 atom stereocenters. The number of benzene rings is 2. The maximum absolute atomic E-state index is 12.2. The SMILES string of the molecule is CSc1ccccc1C(=O)NCCC(N)c1ccccc1. The molecular formula is C17H20N2OS. The lowest BCUT2D eigenvalue weighted by molar-refractivity contribution is 0.0949. The smallest absolute Gasteiger partial charge is 0.252 e. The molecule has 0 saturated heterocycles. The molecule has 0 aliphatic carbocycles. The predicted octanol–water partition coefficient (Wildman–Crippen LogP) is 3.23. The van der Waals surface area contributed by atoms with E-state index in [0.717, 1.165) is 22.4 Å². The van der Waals surface area contributed by atoms with Crippen LogP contribution in [0.15, 0.2) is 59.5 Å². The van der Waals surface area contributed by atoms with Crippen LogP contribution in [-0.4, -0.2) is 18.7 Å². The minimum Gasteiger partial charge on any atom is -0.352 e. The van der Waals surface area contributed by atoms with E-state index >= 15 is 0 Å². The highest BCUT2D eigenvalue weighted by atomic mass is 32.2. The van der Waals surface area contributed by atoms with Crippen molar-refractivity contribution in [2.24, 2.45) is 5.73 Å². The number of rotatable bonds is 6. The first kappa shape index (κ1) is 15.6. The molecule has 0 radical (unpaired) electrons. The van der Waals surface area contributed by atoms with E-state index in [1.54, 1.807) is 11.8 Å². The average Bonchev–Trinajstić information content (AvgIpc) is 2.55. The standard InChI is InChI=1S/C17H20N2OS/c1-21-16-10-6-5-9-14(16)17(20)19-12-11-15(18)13-7-3-2-4-8-13/h2-10,15H,11-12,18H2,1H3,(H,19,20). The van der Waals surface area contributed by atoms with Crippen molar-refractivity contribution in [3.8, 4) is 0 Å². The molecule has 1 unspecified atom stereocenters. The van der Waals surface area contributed by atoms with E-state index in [-0.39, 0.29) is 11.9 Å². The van der Waals surface area contributed by atoms with Gasteiger partial charge in [-0.2, -0.15) is 0 Å². The minimum atomic E-state index is -0.0534. The van der Waals surface area contributed by atoms with E-state index < -0.39 is 0 Å². The molecule has 0 heterocycles. The fourth-order valence-electron chi connectivity index (χ4n) is 2.14. The van der Waals surface area contributed by atoms with E-state index in [2.05, 4.69) is 5.32 Å². The Morgan fingerprint density at radius 3 is 2.52 bits per heavy atom. The van der Waals surface area contributed by atoms with Crippen molar-refractivity contribution in [1.82, 2.24) is 5.32 Å². The average molecular weight is 300 g/mol. The monoisotopic (exact) mass is 300 g/mol. The summed E-state index contributed by atoms with van der Waals surface area (Å²) in [5.74, 6) is -0.0415. The van der Waals surface area contributed by atoms with Crippen molar-refractivity contribution in [3.63, 3.8) is 0 Å². The van der Waals surface area contributed by atoms with Gasteiger partial charge in [-0.05, 0) is 30.4 Å². The van der Waals surface area contributed by atoms with Crippen LogP contribution < -0.4 is 11.1 Å². The molecule has 0 aliphatic heterocycles. The highest BCUT2D eigenvalue weighted by molar-refractivity contribution is 7.98. The lowest BCUT2D eigenvalue weighted by atomic mass is 10.1. The minimum absolute atomic E-state index is 0.0415. The maximum atomic E-state index is 12.2. The molecule has 0 spiro atoms. The third-order valence-corrected chi connectivity index (χ3v) is 4.12. The number of nitrogens with two attached hydrogens (primary N) is 1. The fourth-order valence-corrected chi connectivity index (χ4v) is 2.73. The second kappa shape index (κ2) is 7.86. The zero-order valence-electron chi connectivity index (χ0n) is 12.1. The zero-order valence-corrected chi connectivity index (χ0v) is 12.9. The summed E-state index contributed by atoms with van der Waals surface area (Å²) < 4.78 is 0. The van der Waals surface area contributed by atoms with Gasteiger partial charge < -0.3 is 11.1 Å². The Kier molecular flexibility index (Phi) is 5.84. The molecule has 1 amide bonds. The van der Waals surface area contributed by atoms with Crippen LogP contribution in [0.3, 0.4) is 0 Å². The first-order chi connectivity index (χ1) is 10.2. The van der Waals surface area contributed by atoms with Crippen LogP contribution >= 0.6 is 11.8 Å². The van der Waals surface area contributed by atoms with Crippen molar-refractivity contribution in [2.75, 3.05) is 12.8 Å². The molecule has 0 aliphatic rings. The van der Waals surface area contributed by atoms with Crippen LogP contribution in [0.5, 0.6) is 0 Å². The molecule has 0 saturated carbocycles. The molecule has 2 aromatic carbocycles. The Morgan fingerprint density at radius 2 is 1.81 bits per heavy atom. The Morgan fingerprint density at radius 1 is 1.14 bits per heavy atom. The summed E-state index contributed by atoms with van der Waals surface area (Å²) in [5, 5.41) is 2.94. The maximum Gasteiger partial charge on any atom is 0.252 e. The van der Waals surface area contributed by atoms with Crippen LogP contribution in [0.1, 0.15) is 28.4 Å². The molecule has 2 rings (SSSR count). The molecule has 2 aromatic rings. The van der Waals surface area contributed by atoms with Crippen molar-refractivity contribution >= 4 is 17.7 Å². The van der Waals surface area contributed by atoms with Crippen molar-refractivity contribution in [1.29, 1.82) is 0 Å². The lowest BCUT2D eigenvalue weighted by Crippen LogP contribution is -2.27. The Balaban J connectivity index is 1.87. The first-order valence-electron chi connectivity index (χ1n) is 6.94. The number of carbonyl (C=O) groups is 1. The van der Waals surface area contributed by atoms with Crippen LogP contribution in [0, 0.1) is 0 Å². The number of amides is 1. The van der Waals surface area contributed by atoms with E-state index in [4.69, 9.17) is 5.73 Å². The largest absolute Gasteiger partial charge is 0.352 e. The highest BCUT2D eigenvalue weighted by Gasteiger charge is 2.11. The predicted molar refractivity (Wildman–Crippen MR) is 88.5 cm³/mol. The van der Waals surface area contributed by atoms with Gasteiger partial charge in [-0.3, -0.25) is 4.79 Å². The Bertz CT molecular complexity index is 586. The normalized spacial score (nSPS) is 11.9. The number of carbonyl (C=O) groups excluding carboxylic acids is 1. The van der Waals surface area contributed by atoms with Crippen LogP contribution in [0.2, 0.25) is 0 Å². The summed E-state index contributed by atoms with van der Waals surface area (Å²) in [6, 6.07) is 17.5. The Hall–Kier alpha value is -1.78. The van der Waals surface area contributed by atoms with Crippen molar-refractivity contribution in [2.45, 2.75) is 17.4 Å². The summed E-state index contributed by atoms with van der Waals surface area (Å²) in [4.78, 5) is 13.2. The molecule has 110 valence electrons. The lowest BCUT2D eigenvalue weighted by Gasteiger charge is -2.13. The van der Waals surface area contributed by atoms with Gasteiger partial charge in [0, 0.05) is 17.5 Å². The summed E-state index contributed by atoms with van der Waals surface area (Å²) in [6.45, 7) is 0.567. The number of hydrogen-bond donors (Lipinski definition) is 2. The summed E-state index contributed by atoms with van der Waals surface area (Å²) in [5.41, 5.74) is 7.93. The van der Waals surface area contributed by atoms with E-state index in [1.165, 1.54) is 0 Å². The summed E-state index contributed by atoms with van der Waals surface area (Å²) >= 11 is 1.57. The molecule has 0 bridgehead atoms. The molecule has 0 aromatic heterocycles. The molecule has 0 fully saturated rings. The van der Waals surface area contributed by atoms with Crippen LogP contribution in [0.25, 0.3) is 0 Å². The third kappa shape index (κ3) is 4.34. The molecule has 4 heteroatoms. The molecular weight excluding hydrogens is 280 g/mol. The topological polar surface area (TPSA) is 55.1 Å². The van der Waals surface area contributed by atoms with E-state index in [1.807, 2.05) is 60.9 Å². The second-order valence-electron chi connectivity index (χ2n) is 4.76. The van der Waals surface area contributed by atoms with Crippen LogP contribution in [-0.2, 0) is 0 Å². The molecule has 21 heavy (non-hydrogen) atoms. The molecule has 3 N–H and O–H groups in total. The van der Waals surface area contributed by atoms with Gasteiger partial charge in [0.15, 0.2) is 0 Å². The van der Waals surface area contributed by atoms with Crippen LogP contribution in [0.4, 0.5) is 0 Å². The van der Waals surface area contributed by atoms with Gasteiger partial charge in [-0.15, -0.1) is 11.8 Å². The zero-order chi connectivity index (χ0) is 15.1. The van der Waals surface area contributed by atoms with Crippen molar-refractivity contribution < 1.29 is 4.79 Å². The molecule has 3 nitrogen and oxygen atoms in total. The Labute approximate surface area is 129 Å². The first-order valence-corrected chi connectivity index (χ1v) is 8.16. The van der Waals surface area contributed by atoms with Gasteiger partial charge in [0.25, 0.3) is 5.91 Å². The number of thioether (sulfide) groups is 1. The fraction of sp³-hybridized carbons (Fsp3) is 0.235. The number of nitrogens with one attached hydrogen (secondary N) is 1. The van der Waals surface area contributed by atoms with E-state index in [9.17, 15) is 4.79 Å². The van der Waals surface area contributed by atoms with E-state index in [0.29, 0.717) is 6.54 Å². The van der Waals surface area contributed by atoms with Gasteiger partial charge >= 0.3 is 0 Å². The van der Waals surface area contributed by atoms with Gasteiger partial charge in [0.1, 0.15) is 0 Å². The van der Waals surface area contributed by atoms with Gasteiger partial charge in [0.2, 0.25) is 0 Å². The second-order valence-corrected chi connectivity index (χ2v) is 5.61. The van der Waals surface area contributed by atoms with Crippen molar-refractivity contribution in [3.05, 3.63) is 65.7 Å². The number of hydrogen-bond acceptors (Lipinski definition) is 3. The van der Waals surface area contributed by atoms with Gasteiger partial charge in [-0.1, -0.05) is 42.5 Å². The third-order valence-electron chi connectivity index (χ3n) is 3.32. The summed E-state index contributed by atoms with van der Waals surface area (Å²) in [6.07, 6.45) is 2.69.